The lowest BCUT2D eigenvalue weighted by Gasteiger charge is -2.54. The molecule has 4 fully saturated rings. The Morgan fingerprint density at radius 1 is 1.26 bits per heavy atom. The molecule has 7 atom stereocenters. The SMILES string of the molecule is C=CC(=O)N1CCN(C2NC(OCC3CCCN3C)NC3C(=O)[C@@]4(CCc5cc(Cl)ccc5O4)CCC32)CC1CC#N. The van der Waals surface area contributed by atoms with Crippen LogP contribution in [-0.4, -0.2) is 102 Å². The van der Waals surface area contributed by atoms with Crippen molar-refractivity contribution in [3.05, 3.63) is 41.4 Å². The van der Waals surface area contributed by atoms with Gasteiger partial charge in [0.05, 0.1) is 37.3 Å². The molecule has 226 valence electrons. The lowest BCUT2D eigenvalue weighted by molar-refractivity contribution is -0.160. The lowest BCUT2D eigenvalue weighted by Crippen LogP contribution is -2.76. The maximum atomic E-state index is 14.4. The van der Waals surface area contributed by atoms with Gasteiger partial charge in [-0.25, -0.2) is 0 Å². The predicted molar refractivity (Wildman–Crippen MR) is 158 cm³/mol. The van der Waals surface area contributed by atoms with Gasteiger partial charge in [-0.15, -0.1) is 0 Å². The minimum absolute atomic E-state index is 0.0169. The topological polar surface area (TPSA) is 110 Å². The van der Waals surface area contributed by atoms with Crippen LogP contribution in [0.15, 0.2) is 30.9 Å². The van der Waals surface area contributed by atoms with Crippen LogP contribution in [0.3, 0.4) is 0 Å². The van der Waals surface area contributed by atoms with E-state index >= 15 is 0 Å². The number of carbonyl (C=O) groups is 2. The fraction of sp³-hybridized carbons (Fsp3) is 0.645. The Bertz CT molecular complexity index is 1260. The molecule has 1 aromatic carbocycles. The fourth-order valence-corrected chi connectivity index (χ4v) is 7.87. The normalized spacial score (nSPS) is 35.3. The predicted octanol–water partition coefficient (Wildman–Crippen LogP) is 2.28. The summed E-state index contributed by atoms with van der Waals surface area (Å²) in [6, 6.07) is 7.52. The average molecular weight is 597 g/mol. The number of halogens is 1. The third-order valence-corrected chi connectivity index (χ3v) is 10.3. The number of hydrogen-bond acceptors (Lipinski definition) is 9. The number of likely N-dealkylation sites (tertiary alicyclic amines) is 1. The molecule has 3 saturated heterocycles. The summed E-state index contributed by atoms with van der Waals surface area (Å²) in [6.45, 7) is 6.94. The van der Waals surface area contributed by atoms with E-state index in [1.165, 1.54) is 6.08 Å². The Balaban J connectivity index is 1.24. The number of hydrogen-bond donors (Lipinski definition) is 2. The van der Waals surface area contributed by atoms with Crippen LogP contribution in [0.4, 0.5) is 0 Å². The molecule has 0 bridgehead atoms. The number of carbonyl (C=O) groups excluding carboxylic acids is 2. The molecule has 4 heterocycles. The molecule has 2 N–H and O–H groups in total. The average Bonchev–Trinajstić information content (AvgIpc) is 3.42. The molecule has 10 nitrogen and oxygen atoms in total. The second kappa shape index (κ2) is 12.2. The summed E-state index contributed by atoms with van der Waals surface area (Å²) in [7, 11) is 2.13. The van der Waals surface area contributed by atoms with Gasteiger partial charge in [0.25, 0.3) is 0 Å². The van der Waals surface area contributed by atoms with Crippen LogP contribution in [0.2, 0.25) is 5.02 Å². The van der Waals surface area contributed by atoms with Crippen molar-refractivity contribution in [2.45, 2.75) is 81.2 Å². The molecule has 1 spiro atoms. The molecule has 1 aliphatic carbocycles. The third kappa shape index (κ3) is 5.59. The van der Waals surface area contributed by atoms with Gasteiger partial charge in [-0.2, -0.15) is 5.26 Å². The molecule has 5 aliphatic rings. The highest BCUT2D eigenvalue weighted by Gasteiger charge is 2.56. The van der Waals surface area contributed by atoms with Crippen molar-refractivity contribution in [3.63, 3.8) is 0 Å². The number of nitrogens with zero attached hydrogens (tertiary/aromatic N) is 4. The van der Waals surface area contributed by atoms with Crippen molar-refractivity contribution in [3.8, 4) is 11.8 Å². The van der Waals surface area contributed by atoms with E-state index in [2.05, 4.69) is 40.1 Å². The number of likely N-dealkylation sites (N-methyl/N-ethyl adjacent to an activating group) is 1. The Hall–Kier alpha value is -2.52. The van der Waals surface area contributed by atoms with Gasteiger partial charge in [0, 0.05) is 36.6 Å². The van der Waals surface area contributed by atoms with Crippen LogP contribution in [0.5, 0.6) is 5.75 Å². The highest BCUT2D eigenvalue weighted by atomic mass is 35.5. The number of rotatable bonds is 6. The Morgan fingerprint density at radius 2 is 2.12 bits per heavy atom. The van der Waals surface area contributed by atoms with Gasteiger partial charge >= 0.3 is 0 Å². The highest BCUT2D eigenvalue weighted by Crippen LogP contribution is 2.44. The molecule has 0 radical (unpaired) electrons. The number of amides is 1. The molecule has 4 aliphatic heterocycles. The van der Waals surface area contributed by atoms with Crippen molar-refractivity contribution >= 4 is 23.3 Å². The van der Waals surface area contributed by atoms with Crippen LogP contribution in [-0.2, 0) is 20.7 Å². The number of piperazine rings is 1. The number of ether oxygens (including phenoxy) is 2. The van der Waals surface area contributed by atoms with Gasteiger partial charge in [-0.05, 0) is 82.0 Å². The maximum Gasteiger partial charge on any atom is 0.246 e. The van der Waals surface area contributed by atoms with E-state index in [1.54, 1.807) is 4.90 Å². The molecule has 1 saturated carbocycles. The molecular weight excluding hydrogens is 556 g/mol. The van der Waals surface area contributed by atoms with Crippen LogP contribution in [0.1, 0.15) is 44.1 Å². The highest BCUT2D eigenvalue weighted by molar-refractivity contribution is 6.30. The first kappa shape index (κ1) is 29.5. The van der Waals surface area contributed by atoms with Crippen LogP contribution < -0.4 is 15.4 Å². The summed E-state index contributed by atoms with van der Waals surface area (Å²) in [5.74, 6) is 0.643. The minimum Gasteiger partial charge on any atom is -0.479 e. The van der Waals surface area contributed by atoms with Gasteiger partial charge in [0.2, 0.25) is 5.91 Å². The third-order valence-electron chi connectivity index (χ3n) is 10.0. The number of ketones is 1. The van der Waals surface area contributed by atoms with E-state index in [0.717, 1.165) is 43.5 Å². The summed E-state index contributed by atoms with van der Waals surface area (Å²) >= 11 is 6.22. The van der Waals surface area contributed by atoms with Crippen molar-refractivity contribution in [1.29, 1.82) is 5.26 Å². The zero-order valence-electron chi connectivity index (χ0n) is 24.3. The van der Waals surface area contributed by atoms with Crippen molar-refractivity contribution in [1.82, 2.24) is 25.3 Å². The first-order chi connectivity index (χ1) is 20.3. The molecule has 6 rings (SSSR count). The first-order valence-electron chi connectivity index (χ1n) is 15.2. The molecule has 1 amide bonds. The number of nitriles is 1. The first-order valence-corrected chi connectivity index (χ1v) is 15.6. The van der Waals surface area contributed by atoms with Crippen LogP contribution >= 0.6 is 11.6 Å². The zero-order valence-corrected chi connectivity index (χ0v) is 25.0. The molecular formula is C31H41ClN6O4. The quantitative estimate of drug-likeness (QED) is 0.478. The monoisotopic (exact) mass is 596 g/mol. The van der Waals surface area contributed by atoms with E-state index < -0.39 is 18.0 Å². The largest absolute Gasteiger partial charge is 0.479 e. The van der Waals surface area contributed by atoms with E-state index in [-0.39, 0.29) is 36.2 Å². The van der Waals surface area contributed by atoms with Crippen molar-refractivity contribution < 1.29 is 19.1 Å². The second-order valence-corrected chi connectivity index (χ2v) is 12.8. The minimum atomic E-state index is -0.883. The van der Waals surface area contributed by atoms with Gasteiger partial charge in [0.15, 0.2) is 17.7 Å². The van der Waals surface area contributed by atoms with Gasteiger partial charge < -0.3 is 19.3 Å². The summed E-state index contributed by atoms with van der Waals surface area (Å²) < 4.78 is 13.0. The molecule has 6 unspecified atom stereocenters. The summed E-state index contributed by atoms with van der Waals surface area (Å²) in [4.78, 5) is 33.3. The van der Waals surface area contributed by atoms with Gasteiger partial charge in [0.1, 0.15) is 5.75 Å². The van der Waals surface area contributed by atoms with Crippen molar-refractivity contribution in [2.24, 2.45) is 5.92 Å². The summed E-state index contributed by atoms with van der Waals surface area (Å²) in [5.41, 5.74) is 0.155. The fourth-order valence-electron chi connectivity index (χ4n) is 7.68. The molecule has 1 aromatic rings. The smallest absolute Gasteiger partial charge is 0.246 e. The standard InChI is InChI=1S/C31H41ClN6O4/c1-3-26(39)38-16-15-37(18-22(38)10-13-33)29-24-9-12-31(11-8-20-17-21(32)6-7-25(20)42-31)28(40)27(24)34-30(35-29)41-19-23-5-4-14-36(23)2/h3,6-7,17,22-24,27,29-30,34-35H,1,4-5,8-12,14-16,18-19H2,2H3/t22?,23?,24?,27?,29?,30?,31-/m1/s1. The van der Waals surface area contributed by atoms with Crippen molar-refractivity contribution in [2.75, 3.05) is 39.8 Å². The molecule has 11 heteroatoms. The number of benzene rings is 1. The molecule has 42 heavy (non-hydrogen) atoms. The van der Waals surface area contributed by atoms with Gasteiger partial charge in [-0.3, -0.25) is 25.1 Å². The van der Waals surface area contributed by atoms with E-state index in [0.29, 0.717) is 50.1 Å². The van der Waals surface area contributed by atoms with E-state index in [1.807, 2.05) is 18.2 Å². The van der Waals surface area contributed by atoms with Gasteiger partial charge in [-0.1, -0.05) is 18.2 Å². The van der Waals surface area contributed by atoms with Crippen LogP contribution in [0, 0.1) is 17.2 Å². The Labute approximate surface area is 252 Å². The zero-order chi connectivity index (χ0) is 29.4. The maximum absolute atomic E-state index is 14.4. The number of fused-ring (bicyclic) bond motifs is 2. The number of nitrogens with one attached hydrogen (secondary N) is 2. The number of Topliss-reactive ketones (excluding diaryl/α,β-unsaturated/α-hetero) is 1. The molecule has 0 aromatic heterocycles. The van der Waals surface area contributed by atoms with E-state index in [9.17, 15) is 14.9 Å². The van der Waals surface area contributed by atoms with E-state index in [4.69, 9.17) is 21.1 Å². The second-order valence-electron chi connectivity index (χ2n) is 12.4. The summed E-state index contributed by atoms with van der Waals surface area (Å²) in [6.07, 6.45) is 5.91. The number of aryl methyl sites for hydroxylation is 1. The lowest BCUT2D eigenvalue weighted by atomic mass is 9.69. The summed E-state index contributed by atoms with van der Waals surface area (Å²) in [5, 5.41) is 17.4. The van der Waals surface area contributed by atoms with Crippen LogP contribution in [0.25, 0.3) is 0 Å². The Kier molecular flexibility index (Phi) is 8.60. The Morgan fingerprint density at radius 3 is 2.88 bits per heavy atom.